The Morgan fingerprint density at radius 2 is 1.58 bits per heavy atom. The first-order valence-electron chi connectivity index (χ1n) is 7.76. The van der Waals surface area contributed by atoms with Gasteiger partial charge in [0.25, 0.3) is 0 Å². The second-order valence-electron chi connectivity index (χ2n) is 5.34. The van der Waals surface area contributed by atoms with Crippen LogP contribution in [0.3, 0.4) is 0 Å². The maximum atomic E-state index is 5.38. The fourth-order valence-electron chi connectivity index (χ4n) is 2.51. The highest BCUT2D eigenvalue weighted by atomic mass is 16.5. The molecule has 1 N–H and O–H groups in total. The van der Waals surface area contributed by atoms with E-state index >= 15 is 0 Å². The average molecular weight is 320 g/mol. The van der Waals surface area contributed by atoms with Crippen LogP contribution in [0.25, 0.3) is 11.1 Å². The average Bonchev–Trinajstić information content (AvgIpc) is 2.67. The number of aromatic nitrogens is 1. The topological polar surface area (TPSA) is 43.4 Å². The van der Waals surface area contributed by atoms with Gasteiger partial charge in [0, 0.05) is 12.7 Å². The number of pyridine rings is 1. The van der Waals surface area contributed by atoms with Gasteiger partial charge in [-0.2, -0.15) is 0 Å². The van der Waals surface area contributed by atoms with Crippen molar-refractivity contribution in [3.63, 3.8) is 0 Å². The molecule has 0 spiro atoms. The van der Waals surface area contributed by atoms with Crippen LogP contribution in [0.1, 0.15) is 5.56 Å². The van der Waals surface area contributed by atoms with Crippen LogP contribution in [0.5, 0.6) is 11.5 Å². The van der Waals surface area contributed by atoms with Crippen LogP contribution in [-0.2, 0) is 6.54 Å². The van der Waals surface area contributed by atoms with Crippen LogP contribution in [0.15, 0.2) is 66.9 Å². The summed E-state index contributed by atoms with van der Waals surface area (Å²) in [6, 6.07) is 20.2. The third-order valence-electron chi connectivity index (χ3n) is 3.79. The van der Waals surface area contributed by atoms with Gasteiger partial charge in [-0.25, -0.2) is 4.98 Å². The van der Waals surface area contributed by atoms with Crippen LogP contribution >= 0.6 is 0 Å². The molecule has 4 heteroatoms. The normalized spacial score (nSPS) is 10.2. The highest BCUT2D eigenvalue weighted by molar-refractivity contribution is 5.69. The third kappa shape index (κ3) is 3.66. The number of anilines is 1. The van der Waals surface area contributed by atoms with Crippen LogP contribution < -0.4 is 14.8 Å². The number of hydrogen-bond donors (Lipinski definition) is 1. The lowest BCUT2D eigenvalue weighted by Crippen LogP contribution is -2.01. The number of benzene rings is 2. The molecule has 2 aromatic carbocycles. The van der Waals surface area contributed by atoms with Crippen molar-refractivity contribution in [3.05, 3.63) is 72.4 Å². The zero-order valence-corrected chi connectivity index (χ0v) is 13.8. The molecular weight excluding hydrogens is 300 g/mol. The van der Waals surface area contributed by atoms with Crippen molar-refractivity contribution in [2.24, 2.45) is 0 Å². The minimum atomic E-state index is 0.714. The molecule has 122 valence electrons. The van der Waals surface area contributed by atoms with E-state index in [1.807, 2.05) is 48.5 Å². The van der Waals surface area contributed by atoms with Crippen molar-refractivity contribution in [1.82, 2.24) is 4.98 Å². The Morgan fingerprint density at radius 1 is 0.833 bits per heavy atom. The number of nitrogens with one attached hydrogen (secondary N) is 1. The van der Waals surface area contributed by atoms with Crippen molar-refractivity contribution in [1.29, 1.82) is 0 Å². The molecule has 3 aromatic rings. The molecular formula is C20H20N2O2. The van der Waals surface area contributed by atoms with E-state index in [1.54, 1.807) is 20.4 Å². The Balaban J connectivity index is 1.80. The van der Waals surface area contributed by atoms with E-state index in [0.717, 1.165) is 29.2 Å². The van der Waals surface area contributed by atoms with Gasteiger partial charge in [0.05, 0.1) is 14.2 Å². The summed E-state index contributed by atoms with van der Waals surface area (Å²) in [5, 5.41) is 3.36. The molecule has 1 aromatic heterocycles. The van der Waals surface area contributed by atoms with Crippen LogP contribution in [0.4, 0.5) is 5.82 Å². The Labute approximate surface area is 142 Å². The summed E-state index contributed by atoms with van der Waals surface area (Å²) in [4.78, 5) is 4.39. The van der Waals surface area contributed by atoms with Gasteiger partial charge in [0.2, 0.25) is 0 Å². The maximum Gasteiger partial charge on any atom is 0.161 e. The maximum absolute atomic E-state index is 5.38. The predicted molar refractivity (Wildman–Crippen MR) is 96.5 cm³/mol. The monoisotopic (exact) mass is 320 g/mol. The van der Waals surface area contributed by atoms with E-state index in [9.17, 15) is 0 Å². The minimum absolute atomic E-state index is 0.714. The van der Waals surface area contributed by atoms with Crippen molar-refractivity contribution in [2.75, 3.05) is 19.5 Å². The molecule has 0 saturated carbocycles. The first-order valence-corrected chi connectivity index (χ1v) is 7.76. The third-order valence-corrected chi connectivity index (χ3v) is 3.79. The van der Waals surface area contributed by atoms with E-state index in [1.165, 1.54) is 5.56 Å². The molecule has 0 fully saturated rings. The summed E-state index contributed by atoms with van der Waals surface area (Å²) in [6.45, 7) is 0.739. The second-order valence-corrected chi connectivity index (χ2v) is 5.34. The molecule has 0 amide bonds. The second kappa shape index (κ2) is 7.51. The highest BCUT2D eigenvalue weighted by Crippen LogP contribution is 2.32. The Hall–Kier alpha value is -3.01. The Bertz CT molecular complexity index is 804. The summed E-state index contributed by atoms with van der Waals surface area (Å²) < 4.78 is 10.7. The van der Waals surface area contributed by atoms with Crippen molar-refractivity contribution < 1.29 is 9.47 Å². The van der Waals surface area contributed by atoms with Gasteiger partial charge in [-0.05, 0) is 41.0 Å². The lowest BCUT2D eigenvalue weighted by Gasteiger charge is -2.11. The van der Waals surface area contributed by atoms with Crippen molar-refractivity contribution >= 4 is 5.82 Å². The van der Waals surface area contributed by atoms with Gasteiger partial charge in [0.15, 0.2) is 11.5 Å². The van der Waals surface area contributed by atoms with E-state index in [0.29, 0.717) is 5.75 Å². The Morgan fingerprint density at radius 3 is 2.33 bits per heavy atom. The molecule has 0 radical (unpaired) electrons. The molecule has 3 rings (SSSR count). The molecule has 0 aliphatic heterocycles. The smallest absolute Gasteiger partial charge is 0.161 e. The van der Waals surface area contributed by atoms with Gasteiger partial charge in [-0.1, -0.05) is 36.4 Å². The lowest BCUT2D eigenvalue weighted by atomic mass is 10.1. The van der Waals surface area contributed by atoms with Crippen molar-refractivity contribution in [2.45, 2.75) is 6.54 Å². The molecule has 0 aliphatic rings. The minimum Gasteiger partial charge on any atom is -0.493 e. The molecule has 0 bridgehead atoms. The standard InChI is InChI=1S/C20H20N2O2/c1-23-18-9-8-16(12-19(18)24-2)17-10-11-21-20(13-17)22-14-15-6-4-3-5-7-15/h3-13H,14H2,1-2H3,(H,21,22). The summed E-state index contributed by atoms with van der Waals surface area (Å²) in [6.07, 6.45) is 1.80. The van der Waals surface area contributed by atoms with Gasteiger partial charge in [-0.3, -0.25) is 0 Å². The molecule has 0 unspecified atom stereocenters. The first kappa shape index (κ1) is 15.9. The number of ether oxygens (including phenoxy) is 2. The van der Waals surface area contributed by atoms with Gasteiger partial charge < -0.3 is 14.8 Å². The molecule has 0 atom stereocenters. The zero-order valence-electron chi connectivity index (χ0n) is 13.8. The van der Waals surface area contributed by atoms with Crippen LogP contribution in [0.2, 0.25) is 0 Å². The fourth-order valence-corrected chi connectivity index (χ4v) is 2.51. The highest BCUT2D eigenvalue weighted by Gasteiger charge is 2.07. The number of hydrogen-bond acceptors (Lipinski definition) is 4. The molecule has 0 aliphatic carbocycles. The largest absolute Gasteiger partial charge is 0.493 e. The van der Waals surface area contributed by atoms with Gasteiger partial charge in [-0.15, -0.1) is 0 Å². The fraction of sp³-hybridized carbons (Fsp3) is 0.150. The Kier molecular flexibility index (Phi) is 4.96. The number of nitrogens with zero attached hydrogens (tertiary/aromatic N) is 1. The van der Waals surface area contributed by atoms with Gasteiger partial charge in [0.1, 0.15) is 5.82 Å². The quantitative estimate of drug-likeness (QED) is 0.732. The molecule has 1 heterocycles. The predicted octanol–water partition coefficient (Wildman–Crippen LogP) is 4.38. The van der Waals surface area contributed by atoms with E-state index in [-0.39, 0.29) is 0 Å². The SMILES string of the molecule is COc1ccc(-c2ccnc(NCc3ccccc3)c2)cc1OC. The summed E-state index contributed by atoms with van der Waals surface area (Å²) in [5.74, 6) is 2.27. The zero-order chi connectivity index (χ0) is 16.8. The van der Waals surface area contributed by atoms with Crippen LogP contribution in [-0.4, -0.2) is 19.2 Å². The molecule has 4 nitrogen and oxygen atoms in total. The number of methoxy groups -OCH3 is 2. The number of rotatable bonds is 6. The summed E-state index contributed by atoms with van der Waals surface area (Å²) >= 11 is 0. The van der Waals surface area contributed by atoms with Gasteiger partial charge >= 0.3 is 0 Å². The molecule has 24 heavy (non-hydrogen) atoms. The van der Waals surface area contributed by atoms with Crippen molar-refractivity contribution in [3.8, 4) is 22.6 Å². The van der Waals surface area contributed by atoms with E-state index < -0.39 is 0 Å². The van der Waals surface area contributed by atoms with Crippen LogP contribution in [0, 0.1) is 0 Å². The summed E-state index contributed by atoms with van der Waals surface area (Å²) in [5.41, 5.74) is 3.34. The molecule has 0 saturated heterocycles. The van der Waals surface area contributed by atoms with E-state index in [4.69, 9.17) is 9.47 Å². The first-order chi connectivity index (χ1) is 11.8. The summed E-state index contributed by atoms with van der Waals surface area (Å²) in [7, 11) is 3.27. The lowest BCUT2D eigenvalue weighted by molar-refractivity contribution is 0.355. The van der Waals surface area contributed by atoms with E-state index in [2.05, 4.69) is 22.4 Å².